The van der Waals surface area contributed by atoms with E-state index < -0.39 is 15.8 Å². The molecule has 0 aliphatic heterocycles. The predicted octanol–water partition coefficient (Wildman–Crippen LogP) is 4.45. The third-order valence-corrected chi connectivity index (χ3v) is 5.20. The van der Waals surface area contributed by atoms with Crippen molar-refractivity contribution in [1.82, 2.24) is 0 Å². The van der Waals surface area contributed by atoms with Crippen molar-refractivity contribution in [2.75, 3.05) is 4.72 Å². The first-order valence-electron chi connectivity index (χ1n) is 7.22. The summed E-state index contributed by atoms with van der Waals surface area (Å²) in [7, 11) is -3.72. The summed E-state index contributed by atoms with van der Waals surface area (Å²) in [6.45, 7) is 5.91. The van der Waals surface area contributed by atoms with Gasteiger partial charge in [0.2, 0.25) is 0 Å². The molecule has 1 N–H and O–H groups in total. The van der Waals surface area contributed by atoms with Crippen molar-refractivity contribution in [3.05, 3.63) is 59.4 Å². The molecule has 1 atom stereocenters. The van der Waals surface area contributed by atoms with Crippen molar-refractivity contribution < 1.29 is 12.8 Å². The Kier molecular flexibility index (Phi) is 4.86. The molecule has 118 valence electrons. The molecule has 0 heterocycles. The van der Waals surface area contributed by atoms with Crippen LogP contribution in [0.5, 0.6) is 0 Å². The molecule has 2 rings (SSSR count). The van der Waals surface area contributed by atoms with Crippen LogP contribution in [0.2, 0.25) is 0 Å². The molecule has 22 heavy (non-hydrogen) atoms. The van der Waals surface area contributed by atoms with Crippen LogP contribution in [0, 0.1) is 12.7 Å². The van der Waals surface area contributed by atoms with Crippen molar-refractivity contribution in [2.45, 2.75) is 38.0 Å². The second kappa shape index (κ2) is 6.48. The zero-order valence-corrected chi connectivity index (χ0v) is 13.7. The van der Waals surface area contributed by atoms with Crippen LogP contribution in [0.3, 0.4) is 0 Å². The average Bonchev–Trinajstić information content (AvgIpc) is 2.50. The van der Waals surface area contributed by atoms with Crippen LogP contribution in [-0.2, 0) is 10.0 Å². The Morgan fingerprint density at radius 3 is 2.36 bits per heavy atom. The highest BCUT2D eigenvalue weighted by Crippen LogP contribution is 2.23. The van der Waals surface area contributed by atoms with E-state index in [1.807, 2.05) is 12.1 Å². The first-order chi connectivity index (χ1) is 10.3. The molecule has 2 aromatic carbocycles. The van der Waals surface area contributed by atoms with Gasteiger partial charge >= 0.3 is 0 Å². The zero-order valence-electron chi connectivity index (χ0n) is 12.9. The van der Waals surface area contributed by atoms with Gasteiger partial charge in [-0.05, 0) is 54.7 Å². The monoisotopic (exact) mass is 321 g/mol. The predicted molar refractivity (Wildman–Crippen MR) is 87.1 cm³/mol. The minimum absolute atomic E-state index is 0.170. The van der Waals surface area contributed by atoms with E-state index in [9.17, 15) is 12.8 Å². The van der Waals surface area contributed by atoms with Crippen LogP contribution in [-0.4, -0.2) is 8.42 Å². The molecule has 0 saturated heterocycles. The lowest BCUT2D eigenvalue weighted by atomic mass is 9.99. The highest BCUT2D eigenvalue weighted by molar-refractivity contribution is 7.92. The minimum Gasteiger partial charge on any atom is -0.279 e. The molecule has 0 fully saturated rings. The Bertz CT molecular complexity index is 755. The number of rotatable bonds is 5. The number of aryl methyl sites for hydroxylation is 1. The Balaban J connectivity index is 2.28. The molecular formula is C17H20FNO2S. The fourth-order valence-corrected chi connectivity index (χ4v) is 3.24. The van der Waals surface area contributed by atoms with E-state index in [1.165, 1.54) is 12.1 Å². The Morgan fingerprint density at radius 1 is 1.14 bits per heavy atom. The van der Waals surface area contributed by atoms with Gasteiger partial charge in [0, 0.05) is 0 Å². The molecule has 0 bridgehead atoms. The van der Waals surface area contributed by atoms with Gasteiger partial charge in [-0.1, -0.05) is 32.0 Å². The van der Waals surface area contributed by atoms with E-state index in [2.05, 4.69) is 18.6 Å². The van der Waals surface area contributed by atoms with Crippen LogP contribution in [0.25, 0.3) is 0 Å². The normalized spacial score (nSPS) is 12.9. The average molecular weight is 321 g/mol. The van der Waals surface area contributed by atoms with Crippen molar-refractivity contribution in [1.29, 1.82) is 0 Å². The molecule has 0 saturated carbocycles. The summed E-state index contributed by atoms with van der Waals surface area (Å²) in [5, 5.41) is 0. The second-order valence-corrected chi connectivity index (χ2v) is 7.13. The third kappa shape index (κ3) is 3.65. The molecule has 5 heteroatoms. The van der Waals surface area contributed by atoms with Crippen LogP contribution in [0.15, 0.2) is 47.4 Å². The van der Waals surface area contributed by atoms with Gasteiger partial charge in [-0.2, -0.15) is 0 Å². The second-order valence-electron chi connectivity index (χ2n) is 5.44. The number of anilines is 1. The van der Waals surface area contributed by atoms with Gasteiger partial charge in [-0.15, -0.1) is 0 Å². The van der Waals surface area contributed by atoms with Gasteiger partial charge in [0.15, 0.2) is 0 Å². The highest BCUT2D eigenvalue weighted by atomic mass is 32.2. The Labute approximate surface area is 131 Å². The largest absolute Gasteiger partial charge is 0.279 e. The van der Waals surface area contributed by atoms with Crippen molar-refractivity contribution >= 4 is 15.7 Å². The highest BCUT2D eigenvalue weighted by Gasteiger charge is 2.16. The number of hydrogen-bond acceptors (Lipinski definition) is 2. The van der Waals surface area contributed by atoms with Gasteiger partial charge in [0.05, 0.1) is 10.6 Å². The number of nitrogens with one attached hydrogen (secondary N) is 1. The topological polar surface area (TPSA) is 46.2 Å². The molecule has 0 aliphatic rings. The first kappa shape index (κ1) is 16.5. The quantitative estimate of drug-likeness (QED) is 0.884. The van der Waals surface area contributed by atoms with Crippen LogP contribution in [0.4, 0.5) is 10.1 Å². The van der Waals surface area contributed by atoms with Crippen molar-refractivity contribution in [3.8, 4) is 0 Å². The zero-order chi connectivity index (χ0) is 16.3. The molecule has 2 aromatic rings. The summed E-state index contributed by atoms with van der Waals surface area (Å²) in [5.74, 6) is -0.0920. The maximum atomic E-state index is 13.3. The molecule has 0 radical (unpaired) electrons. The Hall–Kier alpha value is -1.88. The van der Waals surface area contributed by atoms with Crippen molar-refractivity contribution in [2.24, 2.45) is 0 Å². The molecule has 0 spiro atoms. The van der Waals surface area contributed by atoms with Gasteiger partial charge in [-0.25, -0.2) is 12.8 Å². The summed E-state index contributed by atoms with van der Waals surface area (Å²) < 4.78 is 40.5. The van der Waals surface area contributed by atoms with Crippen LogP contribution in [0.1, 0.15) is 37.3 Å². The van der Waals surface area contributed by atoms with Gasteiger partial charge < -0.3 is 0 Å². The molecule has 0 amide bonds. The van der Waals surface area contributed by atoms with E-state index in [0.717, 1.165) is 12.0 Å². The first-order valence-corrected chi connectivity index (χ1v) is 8.70. The van der Waals surface area contributed by atoms with Gasteiger partial charge in [0.1, 0.15) is 5.82 Å². The smallest absolute Gasteiger partial charge is 0.261 e. The lowest BCUT2D eigenvalue weighted by Gasteiger charge is -2.12. The number of hydrogen-bond donors (Lipinski definition) is 1. The summed E-state index contributed by atoms with van der Waals surface area (Å²) in [5.41, 5.74) is 2.02. The maximum absolute atomic E-state index is 13.3. The summed E-state index contributed by atoms with van der Waals surface area (Å²) >= 11 is 0. The van der Waals surface area contributed by atoms with E-state index in [1.54, 1.807) is 25.1 Å². The lowest BCUT2D eigenvalue weighted by molar-refractivity contribution is 0.601. The standard InChI is InChI=1S/C17H20FNO2S/c1-4-12(2)14-6-9-16(10-7-14)22(20,21)19-17-11-15(18)8-5-13(17)3/h5-12,19H,4H2,1-3H3/t12-/m0/s1. The van der Waals surface area contributed by atoms with E-state index in [4.69, 9.17) is 0 Å². The molecular weight excluding hydrogens is 301 g/mol. The third-order valence-electron chi connectivity index (χ3n) is 3.82. The van der Waals surface area contributed by atoms with Crippen LogP contribution < -0.4 is 4.72 Å². The molecule has 0 aromatic heterocycles. The fraction of sp³-hybridized carbons (Fsp3) is 0.294. The lowest BCUT2D eigenvalue weighted by Crippen LogP contribution is -2.14. The van der Waals surface area contributed by atoms with E-state index in [0.29, 0.717) is 11.5 Å². The summed E-state index contributed by atoms with van der Waals surface area (Å²) in [6, 6.07) is 10.8. The number of sulfonamides is 1. The van der Waals surface area contributed by atoms with E-state index >= 15 is 0 Å². The minimum atomic E-state index is -3.72. The number of benzene rings is 2. The molecule has 0 unspecified atom stereocenters. The van der Waals surface area contributed by atoms with Gasteiger partial charge in [0.25, 0.3) is 10.0 Å². The number of halogens is 1. The Morgan fingerprint density at radius 2 is 1.77 bits per heavy atom. The summed E-state index contributed by atoms with van der Waals surface area (Å²) in [6.07, 6.45) is 0.993. The molecule has 3 nitrogen and oxygen atoms in total. The SMILES string of the molecule is CC[C@H](C)c1ccc(S(=O)(=O)Nc2cc(F)ccc2C)cc1. The fourth-order valence-electron chi connectivity index (χ4n) is 2.12. The van der Waals surface area contributed by atoms with Gasteiger partial charge in [-0.3, -0.25) is 4.72 Å². The van der Waals surface area contributed by atoms with Crippen LogP contribution >= 0.6 is 0 Å². The van der Waals surface area contributed by atoms with E-state index in [-0.39, 0.29) is 10.6 Å². The molecule has 0 aliphatic carbocycles. The summed E-state index contributed by atoms with van der Waals surface area (Å²) in [4.78, 5) is 0.170. The van der Waals surface area contributed by atoms with Crippen molar-refractivity contribution in [3.63, 3.8) is 0 Å². The maximum Gasteiger partial charge on any atom is 0.261 e.